The van der Waals surface area contributed by atoms with Gasteiger partial charge in [0.1, 0.15) is 16.9 Å². The molecule has 0 spiro atoms. The SMILES string of the molecule is CC.COc1nc(-c2cccc(-c3cccc(Nc4nc(C(F)F)nc5c4c(=O)n(C)c(=O)n5C)c3Cl)c2Cl)cnc1CN1CC2C(C1)C2C(=O)O. The number of carboxylic acids is 1. The van der Waals surface area contributed by atoms with Crippen LogP contribution >= 0.6 is 23.2 Å². The third-order valence-electron chi connectivity index (χ3n) is 9.26. The molecular weight excluding hydrogens is 721 g/mol. The minimum Gasteiger partial charge on any atom is -0.481 e. The Bertz CT molecular complexity index is 2320. The number of carboxylic acid groups (broad SMARTS) is 1. The summed E-state index contributed by atoms with van der Waals surface area (Å²) in [5, 5.41) is 12.5. The molecule has 1 saturated carbocycles. The summed E-state index contributed by atoms with van der Waals surface area (Å²) in [5.41, 5.74) is 1.02. The molecule has 2 aliphatic rings. The summed E-state index contributed by atoms with van der Waals surface area (Å²) in [6.07, 6.45) is -1.50. The predicted octanol–water partition coefficient (Wildman–Crippen LogP) is 5.94. The fraction of sp³-hybridized carbons (Fsp3) is 0.343. The second-order valence-electron chi connectivity index (χ2n) is 12.2. The molecule has 272 valence electrons. The highest BCUT2D eigenvalue weighted by Crippen LogP contribution is 2.52. The first-order chi connectivity index (χ1) is 24.9. The van der Waals surface area contributed by atoms with Crippen molar-refractivity contribution in [2.24, 2.45) is 31.8 Å². The lowest BCUT2D eigenvalue weighted by molar-refractivity contribution is -0.139. The lowest BCUT2D eigenvalue weighted by atomic mass is 10.0. The van der Waals surface area contributed by atoms with Crippen LogP contribution in [0, 0.1) is 17.8 Å². The van der Waals surface area contributed by atoms with Crippen LogP contribution in [0.1, 0.15) is 31.8 Å². The number of carbonyl (C=O) groups is 1. The van der Waals surface area contributed by atoms with Gasteiger partial charge in [0.25, 0.3) is 12.0 Å². The molecule has 1 aliphatic carbocycles. The molecule has 2 N–H and O–H groups in total. The normalized spacial score (nSPS) is 17.8. The Morgan fingerprint density at radius 3 is 2.25 bits per heavy atom. The van der Waals surface area contributed by atoms with Crippen LogP contribution in [0.15, 0.2) is 52.2 Å². The molecule has 0 amide bonds. The largest absolute Gasteiger partial charge is 0.481 e. The summed E-state index contributed by atoms with van der Waals surface area (Å²) in [7, 11) is 4.08. The zero-order valence-corrected chi connectivity index (χ0v) is 30.2. The lowest BCUT2D eigenvalue weighted by Gasteiger charge is -2.19. The van der Waals surface area contributed by atoms with E-state index in [0.29, 0.717) is 58.6 Å². The Morgan fingerprint density at radius 2 is 1.62 bits per heavy atom. The predicted molar refractivity (Wildman–Crippen MR) is 192 cm³/mol. The fourth-order valence-electron chi connectivity index (χ4n) is 6.69. The Kier molecular flexibility index (Phi) is 10.3. The number of nitrogens with zero attached hydrogens (tertiary/aromatic N) is 7. The van der Waals surface area contributed by atoms with Gasteiger partial charge in [-0.2, -0.15) is 0 Å². The van der Waals surface area contributed by atoms with Crippen LogP contribution in [0.3, 0.4) is 0 Å². The quantitative estimate of drug-likeness (QED) is 0.184. The van der Waals surface area contributed by atoms with Crippen molar-refractivity contribution < 1.29 is 23.4 Å². The van der Waals surface area contributed by atoms with Crippen molar-refractivity contribution in [1.82, 2.24) is 34.0 Å². The third kappa shape index (κ3) is 6.48. The van der Waals surface area contributed by atoms with Crippen LogP contribution < -0.4 is 21.3 Å². The van der Waals surface area contributed by atoms with Crippen molar-refractivity contribution in [3.05, 3.63) is 85.0 Å². The third-order valence-corrected chi connectivity index (χ3v) is 10.1. The Balaban J connectivity index is 0.00000228. The molecule has 0 radical (unpaired) electrons. The number of fused-ring (bicyclic) bond motifs is 2. The van der Waals surface area contributed by atoms with Gasteiger partial charge in [0, 0.05) is 50.4 Å². The van der Waals surface area contributed by atoms with Crippen LogP contribution in [-0.4, -0.2) is 65.2 Å². The molecule has 52 heavy (non-hydrogen) atoms. The molecule has 13 nitrogen and oxygen atoms in total. The van der Waals surface area contributed by atoms with Gasteiger partial charge in [-0.1, -0.05) is 67.4 Å². The van der Waals surface area contributed by atoms with E-state index in [2.05, 4.69) is 30.2 Å². The number of likely N-dealkylation sites (tertiary alicyclic amines) is 1. The first-order valence-corrected chi connectivity index (χ1v) is 17.1. The van der Waals surface area contributed by atoms with Crippen LogP contribution in [0.4, 0.5) is 20.3 Å². The van der Waals surface area contributed by atoms with E-state index in [1.807, 2.05) is 13.8 Å². The molecule has 2 fully saturated rings. The number of methoxy groups -OCH3 is 1. The zero-order chi connectivity index (χ0) is 37.6. The van der Waals surface area contributed by atoms with E-state index < -0.39 is 29.5 Å². The van der Waals surface area contributed by atoms with Crippen molar-refractivity contribution in [1.29, 1.82) is 0 Å². The Labute approximate surface area is 305 Å². The zero-order valence-electron chi connectivity index (χ0n) is 28.7. The van der Waals surface area contributed by atoms with Crippen LogP contribution in [0.25, 0.3) is 33.4 Å². The Hall–Kier alpha value is -4.99. The van der Waals surface area contributed by atoms with Gasteiger partial charge in [0.15, 0.2) is 11.5 Å². The molecule has 2 unspecified atom stereocenters. The van der Waals surface area contributed by atoms with Gasteiger partial charge in [0.2, 0.25) is 5.88 Å². The minimum absolute atomic E-state index is 0.145. The molecule has 1 saturated heterocycles. The Morgan fingerprint density at radius 1 is 0.981 bits per heavy atom. The number of anilines is 2. The molecule has 3 aromatic heterocycles. The summed E-state index contributed by atoms with van der Waals surface area (Å²) >= 11 is 13.9. The minimum atomic E-state index is -3.09. The van der Waals surface area contributed by atoms with Gasteiger partial charge in [-0.3, -0.25) is 28.6 Å². The van der Waals surface area contributed by atoms with Gasteiger partial charge in [0.05, 0.1) is 40.7 Å². The number of benzene rings is 2. The smallest absolute Gasteiger partial charge is 0.332 e. The van der Waals surface area contributed by atoms with Crippen molar-refractivity contribution in [3.63, 3.8) is 0 Å². The van der Waals surface area contributed by atoms with Gasteiger partial charge >= 0.3 is 11.7 Å². The number of hydrogen-bond donors (Lipinski definition) is 2. The van der Waals surface area contributed by atoms with Crippen molar-refractivity contribution in [2.75, 3.05) is 25.5 Å². The number of piperidine rings is 1. The number of alkyl halides is 2. The van der Waals surface area contributed by atoms with E-state index in [4.69, 9.17) is 27.9 Å². The van der Waals surface area contributed by atoms with E-state index in [1.54, 1.807) is 42.6 Å². The molecule has 17 heteroatoms. The number of ether oxygens (including phenoxy) is 1. The standard InChI is InChI=1S/C33H28Cl2F2N8O5.C2H6/c1-43-29-23(31(46)44(2)33(43)49)27(41-28(42-29)26(36)37)39-19-9-5-7-15(25(19)35)14-6-4-8-16(24(14)34)20-10-38-21(30(40-20)50-3)13-45-11-17-18(12-45)22(17)32(47)48;1-2/h4-10,17-18,22,26H,11-13H2,1-3H3,(H,47,48)(H,39,41,42);1-2H3. The van der Waals surface area contributed by atoms with Gasteiger partial charge in [-0.25, -0.2) is 28.5 Å². The summed E-state index contributed by atoms with van der Waals surface area (Å²) in [5.74, 6) is -1.51. The number of hydrogen-bond acceptors (Lipinski definition) is 10. The van der Waals surface area contributed by atoms with Crippen LogP contribution in [-0.2, 0) is 25.4 Å². The summed E-state index contributed by atoms with van der Waals surface area (Å²) < 4.78 is 35.1. The molecule has 1 aliphatic heterocycles. The first kappa shape index (κ1) is 36.8. The maximum absolute atomic E-state index is 13.8. The van der Waals surface area contributed by atoms with E-state index in [1.165, 1.54) is 21.2 Å². The van der Waals surface area contributed by atoms with Crippen LogP contribution in [0.5, 0.6) is 5.88 Å². The maximum Gasteiger partial charge on any atom is 0.332 e. The highest BCUT2D eigenvalue weighted by Gasteiger charge is 2.59. The highest BCUT2D eigenvalue weighted by molar-refractivity contribution is 6.39. The summed E-state index contributed by atoms with van der Waals surface area (Å²) in [4.78, 5) is 56.2. The number of nitrogens with one attached hydrogen (secondary N) is 1. The molecule has 2 aromatic carbocycles. The number of halogens is 4. The monoisotopic (exact) mass is 754 g/mol. The van der Waals surface area contributed by atoms with Crippen molar-refractivity contribution in [3.8, 4) is 28.3 Å². The molecular formula is C35H34Cl2F2N8O5. The van der Waals surface area contributed by atoms with Gasteiger partial charge < -0.3 is 15.2 Å². The number of rotatable bonds is 9. The summed E-state index contributed by atoms with van der Waals surface area (Å²) in [6.45, 7) is 5.81. The molecule has 4 heterocycles. The molecule has 5 aromatic rings. The van der Waals surface area contributed by atoms with Gasteiger partial charge in [-0.05, 0) is 17.9 Å². The second-order valence-corrected chi connectivity index (χ2v) is 12.9. The molecule has 2 atom stereocenters. The first-order valence-electron chi connectivity index (χ1n) is 16.3. The molecule has 7 rings (SSSR count). The number of aromatic nitrogens is 6. The van der Waals surface area contributed by atoms with Crippen molar-refractivity contribution in [2.45, 2.75) is 26.8 Å². The highest BCUT2D eigenvalue weighted by atomic mass is 35.5. The average molecular weight is 756 g/mol. The van der Waals surface area contributed by atoms with E-state index >= 15 is 0 Å². The van der Waals surface area contributed by atoms with Gasteiger partial charge in [-0.15, -0.1) is 0 Å². The van der Waals surface area contributed by atoms with E-state index in [9.17, 15) is 28.3 Å². The summed E-state index contributed by atoms with van der Waals surface area (Å²) in [6, 6.07) is 10.2. The van der Waals surface area contributed by atoms with Crippen molar-refractivity contribution >= 4 is 51.7 Å². The fourth-order valence-corrected chi connectivity index (χ4v) is 7.28. The lowest BCUT2D eigenvalue weighted by Crippen LogP contribution is -2.38. The number of aryl methyl sites for hydroxylation is 1. The topological polar surface area (TPSA) is 157 Å². The van der Waals surface area contributed by atoms with Crippen LogP contribution in [0.2, 0.25) is 10.0 Å². The molecule has 0 bridgehead atoms. The maximum atomic E-state index is 13.8. The second kappa shape index (κ2) is 14.6. The average Bonchev–Trinajstić information content (AvgIpc) is 3.66. The van der Waals surface area contributed by atoms with E-state index in [0.717, 1.165) is 9.13 Å². The van der Waals surface area contributed by atoms with E-state index in [-0.39, 0.29) is 45.3 Å². The number of aliphatic carboxylic acids is 1.